The van der Waals surface area contributed by atoms with E-state index in [1.165, 1.54) is 0 Å². The van der Waals surface area contributed by atoms with Gasteiger partial charge in [0.05, 0.1) is 6.54 Å². The highest BCUT2D eigenvalue weighted by Gasteiger charge is 2.14. The minimum atomic E-state index is -0.133. The molecule has 0 spiro atoms. The van der Waals surface area contributed by atoms with Gasteiger partial charge in [-0.1, -0.05) is 38.1 Å². The first-order valence-corrected chi connectivity index (χ1v) is 9.22. The van der Waals surface area contributed by atoms with Gasteiger partial charge in [0.15, 0.2) is 6.10 Å². The zero-order valence-corrected chi connectivity index (χ0v) is 15.5. The van der Waals surface area contributed by atoms with E-state index in [2.05, 4.69) is 29.8 Å². The maximum Gasteiger partial charge on any atom is 0.152 e. The summed E-state index contributed by atoms with van der Waals surface area (Å²) in [4.78, 5) is 6.88. The smallest absolute Gasteiger partial charge is 0.152 e. The van der Waals surface area contributed by atoms with Crippen molar-refractivity contribution >= 4 is 12.3 Å². The molecule has 0 radical (unpaired) electrons. The minimum Gasteiger partial charge on any atom is -0.480 e. The molecule has 1 heterocycles. The lowest BCUT2D eigenvalue weighted by Gasteiger charge is -2.20. The highest BCUT2D eigenvalue weighted by molar-refractivity contribution is 5.73. The standard InChI is InChI=1S/C22H26N2O2/c1-3-24(4-2)15-14-23-17-21-13-11-18-10-12-20(16-22(18)26-21)25-19-8-6-5-7-9-19/h5-13,16-17,21H,3-4,14-15H2,1-2H3. The lowest BCUT2D eigenvalue weighted by molar-refractivity contribution is 0.306. The molecule has 0 saturated heterocycles. The van der Waals surface area contributed by atoms with Crippen LogP contribution in [-0.4, -0.2) is 43.4 Å². The van der Waals surface area contributed by atoms with Crippen LogP contribution in [0.4, 0.5) is 0 Å². The molecular weight excluding hydrogens is 324 g/mol. The van der Waals surface area contributed by atoms with Crippen LogP contribution >= 0.6 is 0 Å². The van der Waals surface area contributed by atoms with Crippen LogP contribution in [0.15, 0.2) is 59.6 Å². The minimum absolute atomic E-state index is 0.133. The lowest BCUT2D eigenvalue weighted by atomic mass is 10.1. The first kappa shape index (κ1) is 18.2. The summed E-state index contributed by atoms with van der Waals surface area (Å²) < 4.78 is 11.9. The van der Waals surface area contributed by atoms with Crippen molar-refractivity contribution in [2.45, 2.75) is 20.0 Å². The Morgan fingerprint density at radius 1 is 1.08 bits per heavy atom. The third-order valence-corrected chi connectivity index (χ3v) is 4.38. The van der Waals surface area contributed by atoms with Gasteiger partial charge in [0.2, 0.25) is 0 Å². The van der Waals surface area contributed by atoms with Crippen LogP contribution in [0.5, 0.6) is 17.2 Å². The van der Waals surface area contributed by atoms with Gasteiger partial charge in [0.25, 0.3) is 0 Å². The fourth-order valence-corrected chi connectivity index (χ4v) is 2.82. The summed E-state index contributed by atoms with van der Waals surface area (Å²) >= 11 is 0. The van der Waals surface area contributed by atoms with Crippen molar-refractivity contribution in [3.63, 3.8) is 0 Å². The van der Waals surface area contributed by atoms with Crippen molar-refractivity contribution < 1.29 is 9.47 Å². The molecule has 1 unspecified atom stereocenters. The molecule has 0 amide bonds. The van der Waals surface area contributed by atoms with E-state index in [1.54, 1.807) is 0 Å². The molecule has 4 heteroatoms. The molecule has 0 fully saturated rings. The summed E-state index contributed by atoms with van der Waals surface area (Å²) in [7, 11) is 0. The average Bonchev–Trinajstić information content (AvgIpc) is 2.68. The van der Waals surface area contributed by atoms with E-state index in [0.717, 1.165) is 49.0 Å². The molecule has 0 N–H and O–H groups in total. The normalized spacial score (nSPS) is 15.9. The second-order valence-corrected chi connectivity index (χ2v) is 6.14. The Hall–Kier alpha value is -2.59. The molecular formula is C22H26N2O2. The number of hydrogen-bond donors (Lipinski definition) is 0. The molecule has 0 bridgehead atoms. The van der Waals surface area contributed by atoms with Gasteiger partial charge in [-0.2, -0.15) is 0 Å². The zero-order valence-electron chi connectivity index (χ0n) is 15.5. The first-order chi connectivity index (χ1) is 12.8. The third-order valence-electron chi connectivity index (χ3n) is 4.38. The largest absolute Gasteiger partial charge is 0.480 e. The average molecular weight is 350 g/mol. The van der Waals surface area contributed by atoms with Crippen LogP contribution in [0, 0.1) is 0 Å². The number of likely N-dealkylation sites (N-methyl/N-ethyl adjacent to an activating group) is 1. The summed E-state index contributed by atoms with van der Waals surface area (Å²) in [6.07, 6.45) is 5.85. The fraction of sp³-hybridized carbons (Fsp3) is 0.318. The van der Waals surface area contributed by atoms with Crippen LogP contribution in [0.25, 0.3) is 6.08 Å². The first-order valence-electron chi connectivity index (χ1n) is 9.22. The van der Waals surface area contributed by atoms with E-state index < -0.39 is 0 Å². The van der Waals surface area contributed by atoms with E-state index in [4.69, 9.17) is 9.47 Å². The summed E-state index contributed by atoms with van der Waals surface area (Å²) in [5.41, 5.74) is 1.05. The number of nitrogens with zero attached hydrogens (tertiary/aromatic N) is 2. The van der Waals surface area contributed by atoms with Crippen LogP contribution in [0.3, 0.4) is 0 Å². The van der Waals surface area contributed by atoms with E-state index in [1.807, 2.05) is 60.8 Å². The van der Waals surface area contributed by atoms with Crippen LogP contribution in [-0.2, 0) is 0 Å². The van der Waals surface area contributed by atoms with Crippen LogP contribution < -0.4 is 9.47 Å². The lowest BCUT2D eigenvalue weighted by Crippen LogP contribution is -2.26. The second-order valence-electron chi connectivity index (χ2n) is 6.14. The van der Waals surface area contributed by atoms with Gasteiger partial charge in [0, 0.05) is 24.4 Å². The van der Waals surface area contributed by atoms with E-state index >= 15 is 0 Å². The predicted molar refractivity (Wildman–Crippen MR) is 108 cm³/mol. The Balaban J connectivity index is 1.59. The van der Waals surface area contributed by atoms with Gasteiger partial charge in [-0.25, -0.2) is 0 Å². The van der Waals surface area contributed by atoms with Crippen molar-refractivity contribution in [3.05, 3.63) is 60.2 Å². The Bertz CT molecular complexity index is 752. The molecule has 4 nitrogen and oxygen atoms in total. The molecule has 26 heavy (non-hydrogen) atoms. The van der Waals surface area contributed by atoms with E-state index in [-0.39, 0.29) is 6.10 Å². The maximum atomic E-state index is 6.04. The molecule has 2 aromatic carbocycles. The highest BCUT2D eigenvalue weighted by atomic mass is 16.5. The predicted octanol–water partition coefficient (Wildman–Crippen LogP) is 4.67. The molecule has 0 saturated carbocycles. The number of para-hydroxylation sites is 1. The van der Waals surface area contributed by atoms with Crippen LogP contribution in [0.1, 0.15) is 19.4 Å². The van der Waals surface area contributed by atoms with Gasteiger partial charge in [-0.3, -0.25) is 4.99 Å². The van der Waals surface area contributed by atoms with Crippen molar-refractivity contribution in [3.8, 4) is 17.2 Å². The Morgan fingerprint density at radius 2 is 1.88 bits per heavy atom. The number of hydrogen-bond acceptors (Lipinski definition) is 4. The summed E-state index contributed by atoms with van der Waals surface area (Å²) in [6, 6.07) is 15.7. The van der Waals surface area contributed by atoms with Crippen molar-refractivity contribution in [2.75, 3.05) is 26.2 Å². The number of ether oxygens (including phenoxy) is 2. The van der Waals surface area contributed by atoms with Gasteiger partial charge in [-0.15, -0.1) is 0 Å². The molecule has 2 aromatic rings. The van der Waals surface area contributed by atoms with Gasteiger partial charge >= 0.3 is 0 Å². The third kappa shape index (κ3) is 4.96. The van der Waals surface area contributed by atoms with Gasteiger partial charge in [0.1, 0.15) is 17.2 Å². The number of fused-ring (bicyclic) bond motifs is 1. The quantitative estimate of drug-likeness (QED) is 0.649. The Labute approximate surface area is 155 Å². The number of aliphatic imine (C=N–C) groups is 1. The molecule has 1 atom stereocenters. The summed E-state index contributed by atoms with van der Waals surface area (Å²) in [5, 5.41) is 0. The molecule has 1 aliphatic heterocycles. The zero-order chi connectivity index (χ0) is 18.2. The SMILES string of the molecule is CCN(CC)CCN=CC1C=Cc2ccc(Oc3ccccc3)cc2O1. The summed E-state index contributed by atoms with van der Waals surface area (Å²) in [5.74, 6) is 2.40. The summed E-state index contributed by atoms with van der Waals surface area (Å²) in [6.45, 7) is 8.23. The van der Waals surface area contributed by atoms with Gasteiger partial charge in [-0.05, 0) is 43.4 Å². The van der Waals surface area contributed by atoms with E-state index in [0.29, 0.717) is 0 Å². The monoisotopic (exact) mass is 350 g/mol. The molecule has 0 aromatic heterocycles. The van der Waals surface area contributed by atoms with Crippen molar-refractivity contribution in [2.24, 2.45) is 4.99 Å². The van der Waals surface area contributed by atoms with Gasteiger partial charge < -0.3 is 14.4 Å². The highest BCUT2D eigenvalue weighted by Crippen LogP contribution is 2.32. The molecule has 1 aliphatic rings. The number of benzene rings is 2. The van der Waals surface area contributed by atoms with E-state index in [9.17, 15) is 0 Å². The topological polar surface area (TPSA) is 34.1 Å². The Morgan fingerprint density at radius 3 is 2.65 bits per heavy atom. The van der Waals surface area contributed by atoms with Crippen molar-refractivity contribution in [1.82, 2.24) is 4.90 Å². The maximum absolute atomic E-state index is 6.04. The second kappa shape index (κ2) is 9.20. The molecule has 0 aliphatic carbocycles. The Kier molecular flexibility index (Phi) is 6.45. The van der Waals surface area contributed by atoms with Crippen LogP contribution in [0.2, 0.25) is 0 Å². The molecule has 136 valence electrons. The molecule has 3 rings (SSSR count). The van der Waals surface area contributed by atoms with Crippen molar-refractivity contribution in [1.29, 1.82) is 0 Å². The fourth-order valence-electron chi connectivity index (χ4n) is 2.82. The number of rotatable bonds is 8.